The lowest BCUT2D eigenvalue weighted by molar-refractivity contribution is -0.162. The molecule has 2 saturated heterocycles. The van der Waals surface area contributed by atoms with Crippen LogP contribution in [-0.2, 0) is 39.8 Å². The maximum absolute atomic E-state index is 14.1. The SMILES string of the molecule is COc1cc2cc(c1Cl)N(C)C(=O)C[C@H](OC(=O)[C@H](C)N(C)C(=O)CCCS)[C@]1(C)O[C@@H]1[C@H](C)[C@@H]1C[C@@](O)(NC(=O)O1)[C@H](OC)/C=C/C=C(\C)C2. The fourth-order valence-corrected chi connectivity index (χ4v) is 7.10. The van der Waals surface area contributed by atoms with Crippen molar-refractivity contribution in [2.24, 2.45) is 5.92 Å². The molecule has 3 heterocycles. The number of anilines is 1. The number of fused-ring (bicyclic) bond motifs is 5. The summed E-state index contributed by atoms with van der Waals surface area (Å²) >= 11 is 10.9. The summed E-state index contributed by atoms with van der Waals surface area (Å²) in [4.78, 5) is 55.9. The first kappa shape index (κ1) is 40.5. The van der Waals surface area contributed by atoms with E-state index in [-0.39, 0.29) is 30.2 Å². The minimum absolute atomic E-state index is 0.0478. The fraction of sp³-hybridized carbons (Fsp3) is 0.611. The Hall–Kier alpha value is -3.30. The topological polar surface area (TPSA) is 156 Å². The van der Waals surface area contributed by atoms with Crippen molar-refractivity contribution in [2.75, 3.05) is 39.0 Å². The van der Waals surface area contributed by atoms with Gasteiger partial charge in [-0.05, 0) is 57.1 Å². The van der Waals surface area contributed by atoms with Crippen molar-refractivity contribution in [2.45, 2.75) is 102 Å². The average molecular weight is 752 g/mol. The minimum atomic E-state index is -1.82. The van der Waals surface area contributed by atoms with Crippen molar-refractivity contribution in [3.8, 4) is 5.75 Å². The van der Waals surface area contributed by atoms with E-state index in [1.54, 1.807) is 52.1 Å². The van der Waals surface area contributed by atoms with E-state index in [9.17, 15) is 24.3 Å². The molecular weight excluding hydrogens is 702 g/mol. The van der Waals surface area contributed by atoms with Crippen LogP contribution in [-0.4, -0.2) is 110 Å². The average Bonchev–Trinajstić information content (AvgIpc) is 3.79. The number of epoxide rings is 1. The van der Waals surface area contributed by atoms with E-state index in [2.05, 4.69) is 17.9 Å². The van der Waals surface area contributed by atoms with Crippen LogP contribution < -0.4 is 15.0 Å². The second-order valence-electron chi connectivity index (χ2n) is 13.7. The third-order valence-electron chi connectivity index (χ3n) is 10.1. The zero-order valence-electron chi connectivity index (χ0n) is 30.4. The number of methoxy groups -OCH3 is 2. The Morgan fingerprint density at radius 2 is 1.98 bits per heavy atom. The highest BCUT2D eigenvalue weighted by Crippen LogP contribution is 2.49. The van der Waals surface area contributed by atoms with Gasteiger partial charge in [-0.3, -0.25) is 14.9 Å². The van der Waals surface area contributed by atoms with E-state index in [4.69, 9.17) is 35.3 Å². The number of halogens is 1. The van der Waals surface area contributed by atoms with E-state index < -0.39 is 65.7 Å². The number of aliphatic hydroxyl groups is 1. The molecule has 2 fully saturated rings. The Morgan fingerprint density at radius 1 is 1.27 bits per heavy atom. The van der Waals surface area contributed by atoms with Crippen molar-refractivity contribution in [1.82, 2.24) is 10.2 Å². The zero-order chi connectivity index (χ0) is 37.8. The third-order valence-corrected chi connectivity index (χ3v) is 10.8. The van der Waals surface area contributed by atoms with Gasteiger partial charge in [0.25, 0.3) is 0 Å². The summed E-state index contributed by atoms with van der Waals surface area (Å²) in [5.74, 6) is -1.03. The molecule has 4 bridgehead atoms. The van der Waals surface area contributed by atoms with Crippen LogP contribution in [0.5, 0.6) is 5.75 Å². The van der Waals surface area contributed by atoms with E-state index >= 15 is 0 Å². The molecule has 4 rings (SSSR count). The monoisotopic (exact) mass is 751 g/mol. The highest BCUT2D eigenvalue weighted by molar-refractivity contribution is 7.80. The number of rotatable bonds is 8. The van der Waals surface area contributed by atoms with Gasteiger partial charge in [0.2, 0.25) is 11.8 Å². The van der Waals surface area contributed by atoms with E-state index in [1.807, 2.05) is 13.0 Å². The lowest BCUT2D eigenvalue weighted by Crippen LogP contribution is -2.63. The van der Waals surface area contributed by atoms with Crippen molar-refractivity contribution in [3.63, 3.8) is 0 Å². The number of amides is 3. The van der Waals surface area contributed by atoms with E-state index in [0.717, 1.165) is 11.1 Å². The summed E-state index contributed by atoms with van der Waals surface area (Å²) in [5.41, 5.74) is -0.897. The molecule has 51 heavy (non-hydrogen) atoms. The number of carbonyl (C=O) groups is 4. The fourth-order valence-electron chi connectivity index (χ4n) is 6.62. The van der Waals surface area contributed by atoms with Crippen LogP contribution in [0, 0.1) is 5.92 Å². The molecule has 15 heteroatoms. The van der Waals surface area contributed by atoms with Gasteiger partial charge in [0.15, 0.2) is 5.72 Å². The van der Waals surface area contributed by atoms with Crippen LogP contribution in [0.4, 0.5) is 10.5 Å². The van der Waals surface area contributed by atoms with Gasteiger partial charge in [-0.25, -0.2) is 9.59 Å². The third kappa shape index (κ3) is 9.02. The van der Waals surface area contributed by atoms with Crippen molar-refractivity contribution >= 4 is 53.8 Å². The van der Waals surface area contributed by atoms with Gasteiger partial charge in [0.05, 0.1) is 25.3 Å². The molecular formula is C36H50ClN3O10S. The van der Waals surface area contributed by atoms with Crippen molar-refractivity contribution in [1.29, 1.82) is 0 Å². The minimum Gasteiger partial charge on any atom is -0.495 e. The molecule has 0 unspecified atom stereocenters. The number of hydrogen-bond donors (Lipinski definition) is 3. The summed E-state index contributed by atoms with van der Waals surface area (Å²) in [5, 5.41) is 14.4. The van der Waals surface area contributed by atoms with Gasteiger partial charge >= 0.3 is 12.1 Å². The summed E-state index contributed by atoms with van der Waals surface area (Å²) in [6.07, 6.45) is 1.73. The van der Waals surface area contributed by atoms with Crippen LogP contribution >= 0.6 is 24.2 Å². The molecule has 3 amide bonds. The first-order chi connectivity index (χ1) is 24.0. The summed E-state index contributed by atoms with van der Waals surface area (Å²) < 4.78 is 29.1. The molecule has 0 aliphatic carbocycles. The second-order valence-corrected chi connectivity index (χ2v) is 14.6. The Kier molecular flexibility index (Phi) is 13.2. The van der Waals surface area contributed by atoms with Gasteiger partial charge < -0.3 is 38.6 Å². The predicted octanol–water partition coefficient (Wildman–Crippen LogP) is 4.22. The number of esters is 1. The van der Waals surface area contributed by atoms with Crippen LogP contribution in [0.25, 0.3) is 0 Å². The van der Waals surface area contributed by atoms with Crippen LogP contribution in [0.2, 0.25) is 5.02 Å². The lowest BCUT2D eigenvalue weighted by atomic mass is 9.83. The number of nitrogens with zero attached hydrogens (tertiary/aromatic N) is 2. The van der Waals surface area contributed by atoms with E-state index in [0.29, 0.717) is 30.0 Å². The van der Waals surface area contributed by atoms with Crippen molar-refractivity contribution < 1.29 is 48.0 Å². The summed E-state index contributed by atoms with van der Waals surface area (Å²) in [6.45, 7) is 6.99. The molecule has 1 aromatic carbocycles. The smallest absolute Gasteiger partial charge is 0.409 e. The van der Waals surface area contributed by atoms with Gasteiger partial charge in [-0.1, -0.05) is 42.3 Å². The highest BCUT2D eigenvalue weighted by atomic mass is 35.5. The maximum atomic E-state index is 14.1. The number of nitrogens with one attached hydrogen (secondary N) is 1. The lowest BCUT2D eigenvalue weighted by Gasteiger charge is -2.42. The number of allylic oxidation sites excluding steroid dienone is 3. The van der Waals surface area contributed by atoms with Gasteiger partial charge in [-0.2, -0.15) is 12.6 Å². The second kappa shape index (κ2) is 16.6. The summed E-state index contributed by atoms with van der Waals surface area (Å²) in [6, 6.07) is 2.62. The van der Waals surface area contributed by atoms with Crippen LogP contribution in [0.3, 0.4) is 0 Å². The number of likely N-dealkylation sites (N-methyl/N-ethyl adjacent to an activating group) is 1. The van der Waals surface area contributed by atoms with Crippen LogP contribution in [0.15, 0.2) is 35.9 Å². The first-order valence-electron chi connectivity index (χ1n) is 16.9. The number of ether oxygens (including phenoxy) is 5. The number of hydrogen-bond acceptors (Lipinski definition) is 11. The highest BCUT2D eigenvalue weighted by Gasteiger charge is 2.64. The largest absolute Gasteiger partial charge is 0.495 e. The Bertz CT molecular complexity index is 1560. The number of benzene rings is 1. The van der Waals surface area contributed by atoms with Gasteiger partial charge in [0, 0.05) is 40.0 Å². The first-order valence-corrected chi connectivity index (χ1v) is 18.0. The molecule has 3 aliphatic rings. The predicted molar refractivity (Wildman–Crippen MR) is 194 cm³/mol. The normalized spacial score (nSPS) is 31.9. The molecule has 13 nitrogen and oxygen atoms in total. The Balaban J connectivity index is 1.76. The number of alkyl carbamates (subject to hydrolysis) is 1. The standard InChI is InChI=1S/C36H50ClN3O10S/c1-20-11-9-12-27(47-8)36(45)19-26(48-34(44)38-36)21(2)32-35(4,50-32)28(49-33(43)22(3)39(5)29(41)13-10-14-51)18-30(42)40(6)24-16-23(15-20)17-25(46-7)31(24)37/h9,11-12,16-17,21-22,26-28,32,45,51H,10,13-15,18-19H2,1-8H3,(H,38,44)/b12-9+,20-11+/t21-,22+,26+,27-,28+,32-,35+,36+/m1/s1. The Morgan fingerprint density at radius 3 is 2.63 bits per heavy atom. The van der Waals surface area contributed by atoms with Gasteiger partial charge in [0.1, 0.15) is 40.7 Å². The Labute approximate surface area is 310 Å². The van der Waals surface area contributed by atoms with Crippen LogP contribution in [0.1, 0.15) is 58.9 Å². The molecule has 0 spiro atoms. The molecule has 282 valence electrons. The van der Waals surface area contributed by atoms with Crippen molar-refractivity contribution in [3.05, 3.63) is 46.5 Å². The molecule has 0 aromatic heterocycles. The quantitative estimate of drug-likeness (QED) is 0.200. The van der Waals surface area contributed by atoms with Gasteiger partial charge in [-0.15, -0.1) is 0 Å². The van der Waals surface area contributed by atoms with E-state index in [1.165, 1.54) is 31.1 Å². The molecule has 0 saturated carbocycles. The summed E-state index contributed by atoms with van der Waals surface area (Å²) in [7, 11) is 6.01. The molecule has 3 aliphatic heterocycles. The maximum Gasteiger partial charge on any atom is 0.409 e. The zero-order valence-corrected chi connectivity index (χ0v) is 32.1. The molecule has 8 atom stereocenters. The molecule has 2 N–H and O–H groups in total. The molecule has 0 radical (unpaired) electrons. The number of thiol groups is 1. The number of carbonyl (C=O) groups excluding carboxylic acids is 4. The molecule has 1 aromatic rings.